The van der Waals surface area contributed by atoms with E-state index in [1.165, 1.54) is 0 Å². The van der Waals surface area contributed by atoms with Crippen molar-refractivity contribution in [2.24, 2.45) is 0 Å². The minimum atomic E-state index is 0.371. The van der Waals surface area contributed by atoms with E-state index in [9.17, 15) is 0 Å². The van der Waals surface area contributed by atoms with Crippen molar-refractivity contribution in [2.75, 3.05) is 0 Å². The molecule has 0 saturated carbocycles. The Balaban J connectivity index is 2.28. The second-order valence-electron chi connectivity index (χ2n) is 3.62. The summed E-state index contributed by atoms with van der Waals surface area (Å²) >= 11 is 0. The molecule has 0 bridgehead atoms. The monoisotopic (exact) mass is 202 g/mol. The van der Waals surface area contributed by atoms with Gasteiger partial charge in [-0.25, -0.2) is 4.98 Å². The SMILES string of the molecule is CCC(C)c1nc(-c2cccnc2)co1. The van der Waals surface area contributed by atoms with E-state index in [0.717, 1.165) is 23.6 Å². The van der Waals surface area contributed by atoms with Gasteiger partial charge in [-0.2, -0.15) is 0 Å². The summed E-state index contributed by atoms with van der Waals surface area (Å²) in [5.41, 5.74) is 1.86. The molecule has 2 rings (SSSR count). The Bertz CT molecular complexity index is 422. The van der Waals surface area contributed by atoms with Gasteiger partial charge >= 0.3 is 0 Å². The zero-order valence-electron chi connectivity index (χ0n) is 8.97. The zero-order chi connectivity index (χ0) is 10.7. The second-order valence-corrected chi connectivity index (χ2v) is 3.62. The molecule has 0 saturated heterocycles. The van der Waals surface area contributed by atoms with Crippen molar-refractivity contribution in [3.05, 3.63) is 36.7 Å². The Morgan fingerprint density at radius 1 is 1.47 bits per heavy atom. The molecular weight excluding hydrogens is 188 g/mol. The van der Waals surface area contributed by atoms with Gasteiger partial charge in [0.25, 0.3) is 0 Å². The van der Waals surface area contributed by atoms with Crippen LogP contribution >= 0.6 is 0 Å². The maximum atomic E-state index is 5.43. The zero-order valence-corrected chi connectivity index (χ0v) is 8.97. The fourth-order valence-electron chi connectivity index (χ4n) is 1.34. The molecule has 1 unspecified atom stereocenters. The lowest BCUT2D eigenvalue weighted by Gasteiger charge is -2.00. The molecule has 0 fully saturated rings. The van der Waals surface area contributed by atoms with Crippen LogP contribution in [0.2, 0.25) is 0 Å². The molecule has 0 aliphatic carbocycles. The van der Waals surface area contributed by atoms with Gasteiger partial charge in [0, 0.05) is 23.9 Å². The van der Waals surface area contributed by atoms with Crippen LogP contribution in [0.1, 0.15) is 32.1 Å². The normalized spacial score (nSPS) is 12.7. The van der Waals surface area contributed by atoms with Crippen LogP contribution in [0.5, 0.6) is 0 Å². The first-order valence-electron chi connectivity index (χ1n) is 5.17. The molecule has 0 amide bonds. The van der Waals surface area contributed by atoms with E-state index < -0.39 is 0 Å². The van der Waals surface area contributed by atoms with Gasteiger partial charge in [-0.1, -0.05) is 13.8 Å². The summed E-state index contributed by atoms with van der Waals surface area (Å²) in [4.78, 5) is 8.50. The van der Waals surface area contributed by atoms with Crippen LogP contribution in [0.3, 0.4) is 0 Å². The van der Waals surface area contributed by atoms with Crippen molar-refractivity contribution in [1.82, 2.24) is 9.97 Å². The second kappa shape index (κ2) is 4.26. The predicted molar refractivity (Wildman–Crippen MR) is 58.4 cm³/mol. The van der Waals surface area contributed by atoms with E-state index in [1.807, 2.05) is 12.1 Å². The van der Waals surface area contributed by atoms with Gasteiger partial charge in [0.05, 0.1) is 0 Å². The van der Waals surface area contributed by atoms with Gasteiger partial charge in [-0.3, -0.25) is 4.98 Å². The highest BCUT2D eigenvalue weighted by molar-refractivity contribution is 5.56. The van der Waals surface area contributed by atoms with Crippen LogP contribution in [-0.2, 0) is 0 Å². The number of oxazole rings is 1. The van der Waals surface area contributed by atoms with E-state index in [4.69, 9.17) is 4.42 Å². The molecule has 1 atom stereocenters. The minimum Gasteiger partial charge on any atom is -0.448 e. The highest BCUT2D eigenvalue weighted by Gasteiger charge is 2.11. The highest BCUT2D eigenvalue weighted by atomic mass is 16.3. The van der Waals surface area contributed by atoms with Crippen LogP contribution in [-0.4, -0.2) is 9.97 Å². The first kappa shape index (κ1) is 9.90. The lowest BCUT2D eigenvalue weighted by Crippen LogP contribution is -1.91. The fourth-order valence-corrected chi connectivity index (χ4v) is 1.34. The quantitative estimate of drug-likeness (QED) is 0.766. The van der Waals surface area contributed by atoms with E-state index in [1.54, 1.807) is 18.7 Å². The van der Waals surface area contributed by atoms with Gasteiger partial charge in [0.15, 0.2) is 5.89 Å². The molecule has 0 aliphatic rings. The summed E-state index contributed by atoms with van der Waals surface area (Å²) in [7, 11) is 0. The fraction of sp³-hybridized carbons (Fsp3) is 0.333. The Morgan fingerprint density at radius 2 is 2.33 bits per heavy atom. The van der Waals surface area contributed by atoms with Crippen molar-refractivity contribution in [3.8, 4) is 11.3 Å². The highest BCUT2D eigenvalue weighted by Crippen LogP contribution is 2.22. The molecule has 0 spiro atoms. The molecule has 3 heteroatoms. The smallest absolute Gasteiger partial charge is 0.197 e. The number of nitrogens with zero attached hydrogens (tertiary/aromatic N) is 2. The summed E-state index contributed by atoms with van der Waals surface area (Å²) in [6.07, 6.45) is 6.27. The first-order chi connectivity index (χ1) is 7.31. The maximum Gasteiger partial charge on any atom is 0.197 e. The number of rotatable bonds is 3. The van der Waals surface area contributed by atoms with Crippen molar-refractivity contribution in [3.63, 3.8) is 0 Å². The first-order valence-corrected chi connectivity index (χ1v) is 5.17. The van der Waals surface area contributed by atoms with Crippen molar-refractivity contribution in [2.45, 2.75) is 26.2 Å². The van der Waals surface area contributed by atoms with Crippen LogP contribution < -0.4 is 0 Å². The molecule has 2 heterocycles. The average Bonchev–Trinajstić information content (AvgIpc) is 2.78. The Labute approximate surface area is 89.2 Å². The summed E-state index contributed by atoms with van der Waals surface area (Å²) in [5.74, 6) is 1.17. The number of pyridine rings is 1. The van der Waals surface area contributed by atoms with E-state index in [-0.39, 0.29) is 0 Å². The third-order valence-electron chi connectivity index (χ3n) is 2.51. The van der Waals surface area contributed by atoms with Gasteiger partial charge in [0.2, 0.25) is 0 Å². The lowest BCUT2D eigenvalue weighted by molar-refractivity contribution is 0.453. The summed E-state index contributed by atoms with van der Waals surface area (Å²) in [6, 6.07) is 3.87. The van der Waals surface area contributed by atoms with Gasteiger partial charge in [-0.15, -0.1) is 0 Å². The van der Waals surface area contributed by atoms with E-state index >= 15 is 0 Å². The molecule has 15 heavy (non-hydrogen) atoms. The van der Waals surface area contributed by atoms with Gasteiger partial charge in [0.1, 0.15) is 12.0 Å². The Morgan fingerprint density at radius 3 is 3.00 bits per heavy atom. The number of aromatic nitrogens is 2. The molecule has 0 N–H and O–H groups in total. The average molecular weight is 202 g/mol. The third-order valence-corrected chi connectivity index (χ3v) is 2.51. The minimum absolute atomic E-state index is 0.371. The van der Waals surface area contributed by atoms with Crippen LogP contribution in [0.25, 0.3) is 11.3 Å². The van der Waals surface area contributed by atoms with Gasteiger partial charge < -0.3 is 4.42 Å². The Kier molecular flexibility index (Phi) is 2.81. The van der Waals surface area contributed by atoms with Crippen molar-refractivity contribution in [1.29, 1.82) is 0 Å². The topological polar surface area (TPSA) is 38.9 Å². The summed E-state index contributed by atoms with van der Waals surface area (Å²) < 4.78 is 5.43. The largest absolute Gasteiger partial charge is 0.448 e. The molecule has 78 valence electrons. The molecular formula is C12H14N2O. The molecule has 0 aromatic carbocycles. The van der Waals surface area contributed by atoms with Crippen LogP contribution in [0, 0.1) is 0 Å². The molecule has 2 aromatic rings. The molecule has 0 aliphatic heterocycles. The predicted octanol–water partition coefficient (Wildman–Crippen LogP) is 3.25. The maximum absolute atomic E-state index is 5.43. The summed E-state index contributed by atoms with van der Waals surface area (Å²) in [5, 5.41) is 0. The van der Waals surface area contributed by atoms with Crippen molar-refractivity contribution >= 4 is 0 Å². The van der Waals surface area contributed by atoms with Crippen LogP contribution in [0.4, 0.5) is 0 Å². The van der Waals surface area contributed by atoms with Crippen molar-refractivity contribution < 1.29 is 4.42 Å². The number of hydrogen-bond acceptors (Lipinski definition) is 3. The molecule has 3 nitrogen and oxygen atoms in total. The van der Waals surface area contributed by atoms with Gasteiger partial charge in [-0.05, 0) is 18.6 Å². The number of hydrogen-bond donors (Lipinski definition) is 0. The summed E-state index contributed by atoms with van der Waals surface area (Å²) in [6.45, 7) is 4.23. The standard InChI is InChI=1S/C12H14N2O/c1-3-9(2)12-14-11(8-15-12)10-5-4-6-13-7-10/h4-9H,3H2,1-2H3. The lowest BCUT2D eigenvalue weighted by atomic mass is 10.1. The van der Waals surface area contributed by atoms with E-state index in [2.05, 4.69) is 23.8 Å². The molecule has 2 aromatic heterocycles. The van der Waals surface area contributed by atoms with Crippen LogP contribution in [0.15, 0.2) is 35.2 Å². The third kappa shape index (κ3) is 2.06. The van der Waals surface area contributed by atoms with E-state index in [0.29, 0.717) is 5.92 Å². The molecule has 0 radical (unpaired) electrons. The Hall–Kier alpha value is -1.64.